The van der Waals surface area contributed by atoms with Crippen LogP contribution >= 0.6 is 0 Å². The van der Waals surface area contributed by atoms with Crippen LogP contribution in [0.3, 0.4) is 0 Å². The summed E-state index contributed by atoms with van der Waals surface area (Å²) in [6.07, 6.45) is 8.52. The monoisotopic (exact) mass is 440 g/mol. The molecule has 2 fully saturated rings. The van der Waals surface area contributed by atoms with Crippen LogP contribution in [0, 0.1) is 23.4 Å². The van der Waals surface area contributed by atoms with Gasteiger partial charge in [0, 0.05) is 35.2 Å². The Hall–Kier alpha value is -3.09. The van der Waals surface area contributed by atoms with Crippen LogP contribution in [-0.2, 0) is 0 Å². The van der Waals surface area contributed by atoms with Gasteiger partial charge in [0.1, 0.15) is 5.82 Å². The minimum absolute atomic E-state index is 0.0126. The van der Waals surface area contributed by atoms with Crippen LogP contribution in [0.2, 0.25) is 0 Å². The molecule has 0 spiro atoms. The van der Waals surface area contributed by atoms with Crippen molar-refractivity contribution >= 4 is 22.4 Å². The number of hydrogen-bond acceptors (Lipinski definition) is 4. The third-order valence-corrected chi connectivity index (χ3v) is 6.45. The molecule has 0 bridgehead atoms. The quantitative estimate of drug-likeness (QED) is 0.453. The normalized spacial score (nSPS) is 17.0. The Morgan fingerprint density at radius 1 is 0.938 bits per heavy atom. The Morgan fingerprint density at radius 3 is 2.28 bits per heavy atom. The van der Waals surface area contributed by atoms with Gasteiger partial charge in [-0.05, 0) is 49.4 Å². The lowest BCUT2D eigenvalue weighted by atomic mass is 9.93. The van der Waals surface area contributed by atoms with E-state index in [1.54, 1.807) is 0 Å². The number of nitrogens with zero attached hydrogens (tertiary/aromatic N) is 1. The second-order valence-electron chi connectivity index (χ2n) is 8.80. The van der Waals surface area contributed by atoms with Crippen LogP contribution in [0.5, 0.6) is 5.75 Å². The Morgan fingerprint density at radius 2 is 1.62 bits per heavy atom. The third kappa shape index (κ3) is 3.80. The van der Waals surface area contributed by atoms with E-state index in [-0.39, 0.29) is 28.9 Å². The third-order valence-electron chi connectivity index (χ3n) is 6.45. The highest BCUT2D eigenvalue weighted by Gasteiger charge is 2.33. The second-order valence-corrected chi connectivity index (χ2v) is 8.80. The molecule has 2 aromatic carbocycles. The highest BCUT2D eigenvalue weighted by molar-refractivity contribution is 6.10. The van der Waals surface area contributed by atoms with Gasteiger partial charge in [-0.25, -0.2) is 13.2 Å². The number of pyridine rings is 1. The van der Waals surface area contributed by atoms with E-state index in [0.717, 1.165) is 50.7 Å². The van der Waals surface area contributed by atoms with Crippen LogP contribution in [0.1, 0.15) is 55.3 Å². The first-order chi connectivity index (χ1) is 15.4. The van der Waals surface area contributed by atoms with Crippen molar-refractivity contribution in [3.05, 3.63) is 53.5 Å². The van der Waals surface area contributed by atoms with Crippen molar-refractivity contribution in [2.45, 2.75) is 51.0 Å². The van der Waals surface area contributed by atoms with E-state index in [4.69, 9.17) is 0 Å². The predicted octanol–water partition coefficient (Wildman–Crippen LogP) is 6.36. The fraction of sp³-hybridized carbons (Fsp3) is 0.360. The molecular weight excluding hydrogens is 417 g/mol. The molecule has 0 saturated heterocycles. The Balaban J connectivity index is 1.68. The summed E-state index contributed by atoms with van der Waals surface area (Å²) < 4.78 is 42.8. The molecular formula is C25H23F3N2O2. The maximum Gasteiger partial charge on any atom is 0.187 e. The Bertz CT molecular complexity index is 1190. The van der Waals surface area contributed by atoms with Gasteiger partial charge in [0.15, 0.2) is 23.2 Å². The van der Waals surface area contributed by atoms with Crippen molar-refractivity contribution in [3.8, 4) is 16.9 Å². The number of anilines is 1. The standard InChI is InChI=1S/C25H23F3N2O2/c26-19-11-22-17(10-16(19)14-8-20(27)25(32)21(28)9-14)23(30-15-4-2-1-3-5-15)18(12-29-22)24(31)13-6-7-13/h8-13,15,32H,1-7H2,(H,29,30). The summed E-state index contributed by atoms with van der Waals surface area (Å²) in [5.41, 5.74) is 1.38. The summed E-state index contributed by atoms with van der Waals surface area (Å²) in [6.45, 7) is 0. The number of hydrogen-bond donors (Lipinski definition) is 2. The number of carbonyl (C=O) groups excluding carboxylic acids is 1. The lowest BCUT2D eigenvalue weighted by Crippen LogP contribution is -2.24. The van der Waals surface area contributed by atoms with E-state index in [9.17, 15) is 23.1 Å². The number of Topliss-reactive ketones (excluding diaryl/α,β-unsaturated/α-hetero) is 1. The summed E-state index contributed by atoms with van der Waals surface area (Å²) in [5.74, 6) is -4.13. The van der Waals surface area contributed by atoms with Crippen LogP contribution in [-0.4, -0.2) is 21.9 Å². The zero-order chi connectivity index (χ0) is 22.4. The molecule has 0 aliphatic heterocycles. The number of aromatic hydroxyl groups is 1. The summed E-state index contributed by atoms with van der Waals surface area (Å²) in [5, 5.41) is 13.4. The van der Waals surface area contributed by atoms with Crippen LogP contribution in [0.15, 0.2) is 30.5 Å². The zero-order valence-electron chi connectivity index (χ0n) is 17.4. The SMILES string of the molecule is O=C(c1cnc2cc(F)c(-c3cc(F)c(O)c(F)c3)cc2c1NC1CCCCC1)C1CC1. The molecule has 2 N–H and O–H groups in total. The maximum absolute atomic E-state index is 14.9. The summed E-state index contributed by atoms with van der Waals surface area (Å²) >= 11 is 0. The van der Waals surface area contributed by atoms with Gasteiger partial charge in [0.2, 0.25) is 0 Å². The van der Waals surface area contributed by atoms with Gasteiger partial charge in [0.05, 0.1) is 16.8 Å². The van der Waals surface area contributed by atoms with Crippen molar-refractivity contribution in [2.24, 2.45) is 5.92 Å². The Labute approximate surface area is 183 Å². The van der Waals surface area contributed by atoms with Gasteiger partial charge < -0.3 is 10.4 Å². The number of benzene rings is 2. The van der Waals surface area contributed by atoms with E-state index in [2.05, 4.69) is 10.3 Å². The molecule has 0 unspecified atom stereocenters. The van der Waals surface area contributed by atoms with Gasteiger partial charge >= 0.3 is 0 Å². The molecule has 0 radical (unpaired) electrons. The van der Waals surface area contributed by atoms with Crippen molar-refractivity contribution in [3.63, 3.8) is 0 Å². The average molecular weight is 440 g/mol. The number of phenolic OH excluding ortho intramolecular Hbond substituents is 1. The number of nitrogens with one attached hydrogen (secondary N) is 1. The van der Waals surface area contributed by atoms with Crippen LogP contribution in [0.4, 0.5) is 18.9 Å². The number of carbonyl (C=O) groups is 1. The van der Waals surface area contributed by atoms with Crippen molar-refractivity contribution in [2.75, 3.05) is 5.32 Å². The predicted molar refractivity (Wildman–Crippen MR) is 116 cm³/mol. The molecule has 1 heterocycles. The lowest BCUT2D eigenvalue weighted by Gasteiger charge is -2.26. The number of ketones is 1. The number of rotatable bonds is 5. The van der Waals surface area contributed by atoms with Gasteiger partial charge in [0.25, 0.3) is 0 Å². The number of phenols is 1. The molecule has 2 aliphatic rings. The summed E-state index contributed by atoms with van der Waals surface area (Å²) in [6, 6.07) is 4.67. The minimum atomic E-state index is -1.17. The highest BCUT2D eigenvalue weighted by atomic mass is 19.1. The fourth-order valence-electron chi connectivity index (χ4n) is 4.51. The summed E-state index contributed by atoms with van der Waals surface area (Å²) in [7, 11) is 0. The highest BCUT2D eigenvalue weighted by Crippen LogP contribution is 2.39. The van der Waals surface area contributed by atoms with Crippen molar-refractivity contribution in [1.82, 2.24) is 4.98 Å². The van der Waals surface area contributed by atoms with E-state index in [0.29, 0.717) is 22.2 Å². The molecule has 5 rings (SSSR count). The average Bonchev–Trinajstić information content (AvgIpc) is 3.63. The van der Waals surface area contributed by atoms with Gasteiger partial charge in [-0.1, -0.05) is 19.3 Å². The molecule has 166 valence electrons. The maximum atomic E-state index is 14.9. The first-order valence-corrected chi connectivity index (χ1v) is 11.0. The Kier molecular flexibility index (Phi) is 5.27. The van der Waals surface area contributed by atoms with E-state index in [1.165, 1.54) is 24.8 Å². The van der Waals surface area contributed by atoms with Gasteiger partial charge in [-0.2, -0.15) is 0 Å². The lowest BCUT2D eigenvalue weighted by molar-refractivity contribution is 0.0968. The number of halogens is 3. The molecule has 32 heavy (non-hydrogen) atoms. The first-order valence-electron chi connectivity index (χ1n) is 11.0. The smallest absolute Gasteiger partial charge is 0.187 e. The molecule has 2 saturated carbocycles. The van der Waals surface area contributed by atoms with Crippen molar-refractivity contribution in [1.29, 1.82) is 0 Å². The molecule has 0 atom stereocenters. The molecule has 4 nitrogen and oxygen atoms in total. The zero-order valence-corrected chi connectivity index (χ0v) is 17.4. The molecule has 1 aromatic heterocycles. The largest absolute Gasteiger partial charge is 0.503 e. The fourth-order valence-corrected chi connectivity index (χ4v) is 4.51. The molecule has 2 aliphatic carbocycles. The summed E-state index contributed by atoms with van der Waals surface area (Å²) in [4.78, 5) is 17.3. The molecule has 3 aromatic rings. The minimum Gasteiger partial charge on any atom is -0.503 e. The van der Waals surface area contributed by atoms with E-state index >= 15 is 0 Å². The second kappa shape index (κ2) is 8.11. The molecule has 7 heteroatoms. The van der Waals surface area contributed by atoms with E-state index < -0.39 is 23.2 Å². The van der Waals surface area contributed by atoms with Crippen LogP contribution in [0.25, 0.3) is 22.0 Å². The van der Waals surface area contributed by atoms with Gasteiger partial charge in [-0.15, -0.1) is 0 Å². The number of fused-ring (bicyclic) bond motifs is 1. The first kappa shape index (κ1) is 20.8. The number of aromatic nitrogens is 1. The van der Waals surface area contributed by atoms with Gasteiger partial charge in [-0.3, -0.25) is 9.78 Å². The van der Waals surface area contributed by atoms with E-state index in [1.807, 2.05) is 0 Å². The van der Waals surface area contributed by atoms with Crippen LogP contribution < -0.4 is 5.32 Å². The van der Waals surface area contributed by atoms with Crippen molar-refractivity contribution < 1.29 is 23.1 Å². The molecule has 0 amide bonds. The topological polar surface area (TPSA) is 62.2 Å².